The number of fused-ring (bicyclic) bond motifs is 2. The molecular weight excluding hydrogens is 492 g/mol. The SMILES string of the molecule is C=CCn1c(O)c(N=Nc2nc(-c3cc4ccccc4oc3=O)cs2)c2cc(Br)ccc21. The third-order valence-electron chi connectivity index (χ3n) is 4.93. The molecule has 2 aromatic carbocycles. The summed E-state index contributed by atoms with van der Waals surface area (Å²) in [6, 6.07) is 14.7. The van der Waals surface area contributed by atoms with Crippen LogP contribution in [0.15, 0.2) is 90.5 Å². The van der Waals surface area contributed by atoms with Crippen molar-refractivity contribution >= 4 is 60.0 Å². The van der Waals surface area contributed by atoms with Gasteiger partial charge in [0.05, 0.1) is 16.8 Å². The van der Waals surface area contributed by atoms with Crippen molar-refractivity contribution in [2.75, 3.05) is 0 Å². The molecule has 3 aromatic heterocycles. The largest absolute Gasteiger partial charge is 0.493 e. The Morgan fingerprint density at radius 2 is 2.06 bits per heavy atom. The van der Waals surface area contributed by atoms with Gasteiger partial charge in [-0.15, -0.1) is 28.1 Å². The van der Waals surface area contributed by atoms with Crippen LogP contribution >= 0.6 is 27.3 Å². The van der Waals surface area contributed by atoms with Crippen molar-refractivity contribution in [3.05, 3.63) is 81.5 Å². The van der Waals surface area contributed by atoms with E-state index in [1.54, 1.807) is 28.2 Å². The number of aromatic nitrogens is 2. The number of aromatic hydroxyl groups is 1. The number of hydrogen-bond acceptors (Lipinski definition) is 7. The van der Waals surface area contributed by atoms with Gasteiger partial charge in [0.25, 0.3) is 0 Å². The normalized spacial score (nSPS) is 11.7. The molecule has 158 valence electrons. The summed E-state index contributed by atoms with van der Waals surface area (Å²) in [5.74, 6) is -0.00583. The van der Waals surface area contributed by atoms with Crippen LogP contribution in [0.2, 0.25) is 0 Å². The van der Waals surface area contributed by atoms with Crippen LogP contribution in [0.1, 0.15) is 0 Å². The Kier molecular flexibility index (Phi) is 5.20. The van der Waals surface area contributed by atoms with Gasteiger partial charge in [0.2, 0.25) is 11.0 Å². The number of azo groups is 1. The highest BCUT2D eigenvalue weighted by Crippen LogP contribution is 2.41. The monoisotopic (exact) mass is 506 g/mol. The molecule has 0 aliphatic rings. The molecule has 5 rings (SSSR count). The number of allylic oxidation sites excluding steroid dienone is 1. The fourth-order valence-electron chi connectivity index (χ4n) is 3.48. The van der Waals surface area contributed by atoms with Crippen LogP contribution in [0.25, 0.3) is 33.1 Å². The Labute approximate surface area is 194 Å². The Hall–Kier alpha value is -3.56. The predicted octanol–water partition coefficient (Wildman–Crippen LogP) is 6.94. The minimum absolute atomic E-state index is 0.00583. The van der Waals surface area contributed by atoms with Gasteiger partial charge in [-0.25, -0.2) is 9.78 Å². The second-order valence-corrected chi connectivity index (χ2v) is 8.69. The lowest BCUT2D eigenvalue weighted by molar-refractivity contribution is 0.431. The zero-order chi connectivity index (χ0) is 22.2. The second-order valence-electron chi connectivity index (χ2n) is 6.93. The summed E-state index contributed by atoms with van der Waals surface area (Å²) >= 11 is 4.70. The van der Waals surface area contributed by atoms with Gasteiger partial charge < -0.3 is 14.1 Å². The number of benzene rings is 2. The second kappa shape index (κ2) is 8.18. The van der Waals surface area contributed by atoms with Crippen molar-refractivity contribution in [3.8, 4) is 17.1 Å². The van der Waals surface area contributed by atoms with Crippen LogP contribution in [0, 0.1) is 0 Å². The quantitative estimate of drug-likeness (QED) is 0.158. The Morgan fingerprint density at radius 1 is 1.22 bits per heavy atom. The highest BCUT2D eigenvalue weighted by molar-refractivity contribution is 9.10. The number of nitrogens with zero attached hydrogens (tertiary/aromatic N) is 4. The van der Waals surface area contributed by atoms with Gasteiger partial charge >= 0.3 is 5.63 Å². The van der Waals surface area contributed by atoms with E-state index in [2.05, 4.69) is 37.7 Å². The molecule has 0 aliphatic carbocycles. The Morgan fingerprint density at radius 3 is 2.91 bits per heavy atom. The van der Waals surface area contributed by atoms with E-state index in [1.165, 1.54) is 11.3 Å². The molecule has 0 saturated heterocycles. The molecule has 5 aromatic rings. The van der Waals surface area contributed by atoms with Crippen molar-refractivity contribution in [1.29, 1.82) is 0 Å². The number of rotatable bonds is 5. The van der Waals surface area contributed by atoms with Gasteiger partial charge in [0.15, 0.2) is 5.69 Å². The smallest absolute Gasteiger partial charge is 0.345 e. The van der Waals surface area contributed by atoms with E-state index < -0.39 is 5.63 Å². The minimum Gasteiger partial charge on any atom is -0.493 e. The Balaban J connectivity index is 1.54. The third-order valence-corrected chi connectivity index (χ3v) is 6.15. The first kappa shape index (κ1) is 20.3. The van der Waals surface area contributed by atoms with E-state index in [1.807, 2.05) is 36.4 Å². The summed E-state index contributed by atoms with van der Waals surface area (Å²) < 4.78 is 7.96. The summed E-state index contributed by atoms with van der Waals surface area (Å²) in [4.78, 5) is 16.8. The number of halogens is 1. The molecule has 0 aliphatic heterocycles. The molecule has 0 bridgehead atoms. The van der Waals surface area contributed by atoms with Gasteiger partial charge in [-0.1, -0.05) is 40.2 Å². The molecule has 7 nitrogen and oxygen atoms in total. The zero-order valence-corrected chi connectivity index (χ0v) is 18.9. The van der Waals surface area contributed by atoms with Crippen LogP contribution < -0.4 is 5.63 Å². The van der Waals surface area contributed by atoms with E-state index in [0.717, 1.165) is 20.8 Å². The average molecular weight is 507 g/mol. The van der Waals surface area contributed by atoms with Crippen molar-refractivity contribution in [3.63, 3.8) is 0 Å². The molecule has 32 heavy (non-hydrogen) atoms. The summed E-state index contributed by atoms with van der Waals surface area (Å²) in [5.41, 5.74) is 2.03. The van der Waals surface area contributed by atoms with Crippen LogP contribution in [0.5, 0.6) is 5.88 Å². The average Bonchev–Trinajstić information content (AvgIpc) is 3.35. The molecule has 0 spiro atoms. The first-order chi connectivity index (χ1) is 15.5. The molecule has 3 heterocycles. The minimum atomic E-state index is -0.465. The fraction of sp³-hybridized carbons (Fsp3) is 0.0435. The fourth-order valence-corrected chi connectivity index (χ4v) is 4.47. The van der Waals surface area contributed by atoms with E-state index in [4.69, 9.17) is 4.42 Å². The van der Waals surface area contributed by atoms with Gasteiger partial charge in [0, 0.05) is 27.2 Å². The summed E-state index contributed by atoms with van der Waals surface area (Å²) in [6.07, 6.45) is 1.70. The highest BCUT2D eigenvalue weighted by atomic mass is 79.9. The Bertz CT molecular complexity index is 1580. The van der Waals surface area contributed by atoms with Crippen LogP contribution in [-0.2, 0) is 6.54 Å². The first-order valence-electron chi connectivity index (χ1n) is 9.57. The maximum atomic E-state index is 12.4. The lowest BCUT2D eigenvalue weighted by atomic mass is 10.1. The number of hydrogen-bond donors (Lipinski definition) is 1. The van der Waals surface area contributed by atoms with Gasteiger partial charge in [-0.3, -0.25) is 0 Å². The topological polar surface area (TPSA) is 93.0 Å². The van der Waals surface area contributed by atoms with Crippen LogP contribution in [-0.4, -0.2) is 14.7 Å². The highest BCUT2D eigenvalue weighted by Gasteiger charge is 2.17. The van der Waals surface area contributed by atoms with Crippen molar-refractivity contribution < 1.29 is 9.52 Å². The van der Waals surface area contributed by atoms with E-state index in [-0.39, 0.29) is 5.88 Å². The van der Waals surface area contributed by atoms with Crippen LogP contribution in [0.4, 0.5) is 10.8 Å². The molecule has 0 amide bonds. The van der Waals surface area contributed by atoms with E-state index >= 15 is 0 Å². The van der Waals surface area contributed by atoms with Crippen molar-refractivity contribution in [2.45, 2.75) is 6.54 Å². The third kappa shape index (κ3) is 3.55. The lowest BCUT2D eigenvalue weighted by Crippen LogP contribution is -2.02. The molecule has 0 atom stereocenters. The zero-order valence-electron chi connectivity index (χ0n) is 16.5. The van der Waals surface area contributed by atoms with E-state index in [0.29, 0.717) is 34.2 Å². The summed E-state index contributed by atoms with van der Waals surface area (Å²) in [7, 11) is 0. The molecule has 0 unspecified atom stereocenters. The molecule has 9 heteroatoms. The number of thiazole rings is 1. The number of para-hydroxylation sites is 1. The predicted molar refractivity (Wildman–Crippen MR) is 129 cm³/mol. The van der Waals surface area contributed by atoms with E-state index in [9.17, 15) is 9.90 Å². The molecule has 0 fully saturated rings. The first-order valence-corrected chi connectivity index (χ1v) is 11.2. The lowest BCUT2D eigenvalue weighted by Gasteiger charge is -2.02. The van der Waals surface area contributed by atoms with Crippen molar-refractivity contribution in [1.82, 2.24) is 9.55 Å². The standard InChI is InChI=1S/C23H15BrN4O3S/c1-2-9-28-18-8-7-14(24)11-16(18)20(21(28)29)26-27-23-25-17(12-32-23)15-10-13-5-3-4-6-19(13)31-22(15)30/h2-8,10-12,29H,1,9H2. The van der Waals surface area contributed by atoms with Gasteiger partial charge in [-0.05, 0) is 30.3 Å². The summed E-state index contributed by atoms with van der Waals surface area (Å²) in [5, 5.41) is 22.8. The molecule has 0 radical (unpaired) electrons. The van der Waals surface area contributed by atoms with Gasteiger partial charge in [0.1, 0.15) is 5.58 Å². The maximum Gasteiger partial charge on any atom is 0.345 e. The maximum absolute atomic E-state index is 12.4. The molecular formula is C23H15BrN4O3S. The van der Waals surface area contributed by atoms with Gasteiger partial charge in [-0.2, -0.15) is 0 Å². The van der Waals surface area contributed by atoms with Crippen LogP contribution in [0.3, 0.4) is 0 Å². The van der Waals surface area contributed by atoms with Crippen molar-refractivity contribution in [2.24, 2.45) is 10.2 Å². The summed E-state index contributed by atoms with van der Waals surface area (Å²) in [6.45, 7) is 4.17. The molecule has 1 N–H and O–H groups in total. The molecule has 0 saturated carbocycles.